The fraction of sp³-hybridized carbons (Fsp3) is 0.462. The van der Waals surface area contributed by atoms with Crippen LogP contribution in [0.25, 0.3) is 0 Å². The van der Waals surface area contributed by atoms with Crippen molar-refractivity contribution in [3.63, 3.8) is 0 Å². The summed E-state index contributed by atoms with van der Waals surface area (Å²) in [5, 5.41) is 3.06. The van der Waals surface area contributed by atoms with E-state index in [1.165, 1.54) is 11.1 Å². The van der Waals surface area contributed by atoms with Crippen molar-refractivity contribution in [3.05, 3.63) is 65.7 Å². The summed E-state index contributed by atoms with van der Waals surface area (Å²) in [4.78, 5) is 29.1. The standard InChI is InChI=1S/C26H36N2O2S/c1-5-21(4)27-26(30)24(6-2)28(18-16-22-10-8-7-9-11-22)25(29)17-19-31-23-14-12-20(3)13-15-23/h7-15,21,24H,5-6,16-19H2,1-4H3,(H,27,30)/t21-,24-/m1/s1. The maximum atomic E-state index is 13.2. The Morgan fingerprint density at radius 3 is 2.29 bits per heavy atom. The molecule has 4 nitrogen and oxygen atoms in total. The predicted octanol–water partition coefficient (Wildman–Crippen LogP) is 5.24. The van der Waals surface area contributed by atoms with E-state index in [9.17, 15) is 9.59 Å². The van der Waals surface area contributed by atoms with E-state index in [4.69, 9.17) is 0 Å². The zero-order valence-corrected chi connectivity index (χ0v) is 20.1. The second-order valence-corrected chi connectivity index (χ2v) is 9.14. The molecule has 5 heteroatoms. The Hall–Kier alpha value is -2.27. The molecule has 0 saturated heterocycles. The van der Waals surface area contributed by atoms with Crippen molar-refractivity contribution in [1.29, 1.82) is 0 Å². The zero-order chi connectivity index (χ0) is 22.6. The number of amides is 2. The summed E-state index contributed by atoms with van der Waals surface area (Å²) in [6.45, 7) is 8.64. The third-order valence-corrected chi connectivity index (χ3v) is 6.49. The van der Waals surface area contributed by atoms with Gasteiger partial charge in [0.2, 0.25) is 11.8 Å². The highest BCUT2D eigenvalue weighted by molar-refractivity contribution is 7.99. The Bertz CT molecular complexity index is 808. The molecule has 2 amide bonds. The second kappa shape index (κ2) is 13.2. The quantitative estimate of drug-likeness (QED) is 0.459. The van der Waals surface area contributed by atoms with Gasteiger partial charge in [-0.05, 0) is 50.8 Å². The average molecular weight is 441 g/mol. The SMILES string of the molecule is CC[C@@H](C)NC(=O)[C@@H](CC)N(CCc1ccccc1)C(=O)CCSc1ccc(C)cc1. The molecule has 2 rings (SSSR count). The molecule has 31 heavy (non-hydrogen) atoms. The Balaban J connectivity index is 2.05. The first-order chi connectivity index (χ1) is 14.9. The van der Waals surface area contributed by atoms with Gasteiger partial charge in [-0.1, -0.05) is 61.9 Å². The molecule has 0 heterocycles. The predicted molar refractivity (Wildman–Crippen MR) is 130 cm³/mol. The van der Waals surface area contributed by atoms with Crippen molar-refractivity contribution >= 4 is 23.6 Å². The van der Waals surface area contributed by atoms with E-state index in [2.05, 4.69) is 48.6 Å². The van der Waals surface area contributed by atoms with E-state index < -0.39 is 6.04 Å². The minimum absolute atomic E-state index is 0.0432. The summed E-state index contributed by atoms with van der Waals surface area (Å²) >= 11 is 1.68. The van der Waals surface area contributed by atoms with Gasteiger partial charge in [-0.25, -0.2) is 0 Å². The topological polar surface area (TPSA) is 49.4 Å². The van der Waals surface area contributed by atoms with E-state index in [1.807, 2.05) is 39.0 Å². The molecule has 168 valence electrons. The van der Waals surface area contributed by atoms with Crippen LogP contribution in [0.3, 0.4) is 0 Å². The van der Waals surface area contributed by atoms with Crippen LogP contribution in [0.5, 0.6) is 0 Å². The van der Waals surface area contributed by atoms with Crippen molar-refractivity contribution < 1.29 is 9.59 Å². The Morgan fingerprint density at radius 2 is 1.68 bits per heavy atom. The van der Waals surface area contributed by atoms with Crippen LogP contribution in [0, 0.1) is 6.92 Å². The number of rotatable bonds is 12. The van der Waals surface area contributed by atoms with Gasteiger partial charge in [-0.15, -0.1) is 11.8 Å². The fourth-order valence-corrected chi connectivity index (χ4v) is 4.21. The summed E-state index contributed by atoms with van der Waals surface area (Å²) in [5.41, 5.74) is 2.40. The normalized spacial score (nSPS) is 12.8. The lowest BCUT2D eigenvalue weighted by molar-refractivity contribution is -0.140. The van der Waals surface area contributed by atoms with Gasteiger partial charge in [0.15, 0.2) is 0 Å². The first-order valence-electron chi connectivity index (χ1n) is 11.3. The number of aryl methyl sites for hydroxylation is 1. The fourth-order valence-electron chi connectivity index (χ4n) is 3.37. The minimum atomic E-state index is -0.436. The monoisotopic (exact) mass is 440 g/mol. The average Bonchev–Trinajstić information content (AvgIpc) is 2.78. The van der Waals surface area contributed by atoms with Crippen LogP contribution in [0.15, 0.2) is 59.5 Å². The molecule has 1 N–H and O–H groups in total. The van der Waals surface area contributed by atoms with Crippen LogP contribution < -0.4 is 5.32 Å². The third kappa shape index (κ3) is 8.41. The Morgan fingerprint density at radius 1 is 1.00 bits per heavy atom. The highest BCUT2D eigenvalue weighted by Crippen LogP contribution is 2.20. The molecule has 0 radical (unpaired) electrons. The van der Waals surface area contributed by atoms with Crippen LogP contribution >= 0.6 is 11.8 Å². The zero-order valence-electron chi connectivity index (χ0n) is 19.3. The highest BCUT2D eigenvalue weighted by Gasteiger charge is 2.28. The number of hydrogen-bond acceptors (Lipinski definition) is 3. The molecule has 0 aliphatic rings. The third-order valence-electron chi connectivity index (χ3n) is 5.48. The van der Waals surface area contributed by atoms with E-state index in [1.54, 1.807) is 16.7 Å². The molecule has 2 aromatic rings. The van der Waals surface area contributed by atoms with Gasteiger partial charge < -0.3 is 10.2 Å². The van der Waals surface area contributed by atoms with Crippen LogP contribution in [-0.4, -0.2) is 41.1 Å². The molecule has 0 saturated carbocycles. The number of carbonyl (C=O) groups is 2. The first kappa shape index (κ1) is 25.0. The molecule has 0 aromatic heterocycles. The number of carbonyl (C=O) groups excluding carboxylic acids is 2. The summed E-state index contributed by atoms with van der Waals surface area (Å²) in [7, 11) is 0. The summed E-state index contributed by atoms with van der Waals surface area (Å²) < 4.78 is 0. The number of hydrogen-bond donors (Lipinski definition) is 1. The Kier molecular flexibility index (Phi) is 10.6. The van der Waals surface area contributed by atoms with Crippen LogP contribution in [0.1, 0.15) is 51.2 Å². The van der Waals surface area contributed by atoms with E-state index in [0.717, 1.165) is 17.7 Å². The maximum Gasteiger partial charge on any atom is 0.243 e. The molecule has 2 atom stereocenters. The highest BCUT2D eigenvalue weighted by atomic mass is 32.2. The summed E-state index contributed by atoms with van der Waals surface area (Å²) in [6.07, 6.45) is 2.63. The van der Waals surface area contributed by atoms with Gasteiger partial charge >= 0.3 is 0 Å². The second-order valence-electron chi connectivity index (χ2n) is 7.98. The van der Waals surface area contributed by atoms with Crippen LogP contribution in [-0.2, 0) is 16.0 Å². The summed E-state index contributed by atoms with van der Waals surface area (Å²) in [6, 6.07) is 18.2. The van der Waals surface area contributed by atoms with Crippen LogP contribution in [0.2, 0.25) is 0 Å². The van der Waals surface area contributed by atoms with Gasteiger partial charge in [-0.3, -0.25) is 9.59 Å². The number of thioether (sulfide) groups is 1. The van der Waals surface area contributed by atoms with Crippen molar-refractivity contribution in [1.82, 2.24) is 10.2 Å². The Labute approximate surface area is 191 Å². The molecular weight excluding hydrogens is 404 g/mol. The van der Waals surface area contributed by atoms with Crippen LogP contribution in [0.4, 0.5) is 0 Å². The molecule has 0 unspecified atom stereocenters. The number of benzene rings is 2. The van der Waals surface area contributed by atoms with Gasteiger partial charge in [0.25, 0.3) is 0 Å². The largest absolute Gasteiger partial charge is 0.352 e. The lowest BCUT2D eigenvalue weighted by Gasteiger charge is -2.31. The van der Waals surface area contributed by atoms with Gasteiger partial charge in [0, 0.05) is 29.7 Å². The summed E-state index contributed by atoms with van der Waals surface area (Å²) in [5.74, 6) is 0.693. The van der Waals surface area contributed by atoms with Crippen molar-refractivity contribution in [2.45, 2.75) is 70.4 Å². The van der Waals surface area contributed by atoms with Gasteiger partial charge in [-0.2, -0.15) is 0 Å². The number of nitrogens with one attached hydrogen (secondary N) is 1. The van der Waals surface area contributed by atoms with Gasteiger partial charge in [0.05, 0.1) is 0 Å². The first-order valence-corrected chi connectivity index (χ1v) is 12.3. The smallest absolute Gasteiger partial charge is 0.243 e. The van der Waals surface area contributed by atoms with Crippen molar-refractivity contribution in [2.75, 3.05) is 12.3 Å². The lowest BCUT2D eigenvalue weighted by Crippen LogP contribution is -2.51. The molecule has 0 spiro atoms. The van der Waals surface area contributed by atoms with E-state index in [0.29, 0.717) is 25.1 Å². The molecule has 0 aliphatic carbocycles. The van der Waals surface area contributed by atoms with Crippen molar-refractivity contribution in [3.8, 4) is 0 Å². The molecule has 0 bridgehead atoms. The molecular formula is C26H36N2O2S. The minimum Gasteiger partial charge on any atom is -0.352 e. The molecule has 0 aliphatic heterocycles. The van der Waals surface area contributed by atoms with E-state index >= 15 is 0 Å². The molecule has 2 aromatic carbocycles. The lowest BCUT2D eigenvalue weighted by atomic mass is 10.1. The molecule has 0 fully saturated rings. The van der Waals surface area contributed by atoms with Crippen molar-refractivity contribution in [2.24, 2.45) is 0 Å². The maximum absolute atomic E-state index is 13.2. The van der Waals surface area contributed by atoms with E-state index in [-0.39, 0.29) is 17.9 Å². The van der Waals surface area contributed by atoms with Gasteiger partial charge in [0.1, 0.15) is 6.04 Å². The number of nitrogens with zero attached hydrogens (tertiary/aromatic N) is 1.